The second-order valence-electron chi connectivity index (χ2n) is 15.5. The number of aliphatic hydroxyl groups excluding tert-OH is 1. The summed E-state index contributed by atoms with van der Waals surface area (Å²) in [7, 11) is 1.04. The van der Waals surface area contributed by atoms with Crippen molar-refractivity contribution in [1.82, 2.24) is 0 Å². The lowest BCUT2D eigenvalue weighted by Gasteiger charge is -2.28. The minimum Gasteiger partial charge on any atom is -0.756 e. The summed E-state index contributed by atoms with van der Waals surface area (Å²) in [6, 6.07) is 0. The predicted octanol–water partition coefficient (Wildman–Crippen LogP) is 10.4. The molecule has 0 saturated heterocycles. The molecule has 324 valence electrons. The van der Waals surface area contributed by atoms with Crippen molar-refractivity contribution in [3.05, 3.63) is 60.8 Å². The van der Waals surface area contributed by atoms with Crippen LogP contribution in [0.25, 0.3) is 0 Å². The molecule has 0 aromatic heterocycles. The maximum atomic E-state index is 12.7. The van der Waals surface area contributed by atoms with E-state index in [1.807, 2.05) is 33.3 Å². The van der Waals surface area contributed by atoms with E-state index in [9.17, 15) is 24.2 Å². The summed E-state index contributed by atoms with van der Waals surface area (Å²) in [6.45, 7) is 3.87. The van der Waals surface area contributed by atoms with Crippen molar-refractivity contribution in [2.75, 3.05) is 47.5 Å². The zero-order chi connectivity index (χ0) is 41.6. The molecule has 3 atom stereocenters. The Bertz CT molecular complexity index is 1160. The smallest absolute Gasteiger partial charge is 0.306 e. The summed E-state index contributed by atoms with van der Waals surface area (Å²) >= 11 is 0. The zero-order valence-corrected chi connectivity index (χ0v) is 36.8. The van der Waals surface area contributed by atoms with Crippen LogP contribution < -0.4 is 4.89 Å². The van der Waals surface area contributed by atoms with Crippen molar-refractivity contribution in [2.45, 2.75) is 167 Å². The highest BCUT2D eigenvalue weighted by molar-refractivity contribution is 7.45. The SMILES string of the molecule is CC/C=C\C/C=C\C/C=C\C/C=C\C=C\C(O)CCCC(=O)O[C@H](COC(=O)CCCCCCCCCCCCCCCC)COP(=O)([O-])OCC[N+](C)(C)C. The molecule has 0 rings (SSSR count). The molecule has 56 heavy (non-hydrogen) atoms. The molecule has 0 radical (unpaired) electrons. The van der Waals surface area contributed by atoms with Crippen molar-refractivity contribution in [3.8, 4) is 0 Å². The Balaban J connectivity index is 4.58. The largest absolute Gasteiger partial charge is 0.756 e. The van der Waals surface area contributed by atoms with Crippen LogP contribution in [0.5, 0.6) is 0 Å². The molecule has 11 heteroatoms. The van der Waals surface area contributed by atoms with Crippen molar-refractivity contribution >= 4 is 19.8 Å². The number of phosphoric acid groups is 1. The van der Waals surface area contributed by atoms with Crippen LogP contribution in [0, 0.1) is 0 Å². The minimum absolute atomic E-state index is 0.00655. The number of likely N-dealkylation sites (N-methyl/N-ethyl adjacent to an activating group) is 1. The number of esters is 2. The number of hydrogen-bond acceptors (Lipinski definition) is 9. The van der Waals surface area contributed by atoms with Crippen LogP contribution in [0.2, 0.25) is 0 Å². The van der Waals surface area contributed by atoms with E-state index in [-0.39, 0.29) is 26.1 Å². The molecule has 0 aromatic rings. The quantitative estimate of drug-likeness (QED) is 0.0162. The van der Waals surface area contributed by atoms with E-state index >= 15 is 0 Å². The molecule has 0 aliphatic carbocycles. The number of phosphoric ester groups is 1. The number of quaternary nitrogens is 1. The topological polar surface area (TPSA) is 131 Å². The molecular weight excluding hydrogens is 729 g/mol. The number of ether oxygens (including phenoxy) is 2. The highest BCUT2D eigenvalue weighted by atomic mass is 31.2. The van der Waals surface area contributed by atoms with Gasteiger partial charge in [-0.25, -0.2) is 0 Å². The first-order valence-corrected chi connectivity index (χ1v) is 23.1. The fourth-order valence-corrected chi connectivity index (χ4v) is 6.23. The minimum atomic E-state index is -4.68. The lowest BCUT2D eigenvalue weighted by molar-refractivity contribution is -0.870. The molecule has 0 bridgehead atoms. The van der Waals surface area contributed by atoms with E-state index in [0.29, 0.717) is 30.3 Å². The van der Waals surface area contributed by atoms with Gasteiger partial charge in [0.15, 0.2) is 6.10 Å². The van der Waals surface area contributed by atoms with Gasteiger partial charge in [0.2, 0.25) is 0 Å². The third-order valence-electron chi connectivity index (χ3n) is 8.91. The number of carbonyl (C=O) groups is 2. The Morgan fingerprint density at radius 2 is 1.18 bits per heavy atom. The van der Waals surface area contributed by atoms with Gasteiger partial charge in [-0.3, -0.25) is 14.2 Å². The molecule has 0 fully saturated rings. The molecule has 0 saturated carbocycles. The predicted molar refractivity (Wildman–Crippen MR) is 228 cm³/mol. The van der Waals surface area contributed by atoms with E-state index in [2.05, 4.69) is 50.3 Å². The molecule has 0 heterocycles. The molecule has 10 nitrogen and oxygen atoms in total. The number of nitrogens with zero attached hydrogens (tertiary/aromatic N) is 1. The van der Waals surface area contributed by atoms with Crippen LogP contribution in [-0.2, 0) is 32.7 Å². The molecule has 0 spiro atoms. The maximum Gasteiger partial charge on any atom is 0.306 e. The molecule has 1 N–H and O–H groups in total. The molecule has 0 aromatic carbocycles. The van der Waals surface area contributed by atoms with Crippen molar-refractivity contribution < 1.29 is 47.2 Å². The van der Waals surface area contributed by atoms with Crippen molar-refractivity contribution in [3.63, 3.8) is 0 Å². The molecule has 0 amide bonds. The molecular formula is C45H80NO9P. The van der Waals surface area contributed by atoms with Crippen LogP contribution in [0.3, 0.4) is 0 Å². The van der Waals surface area contributed by atoms with Gasteiger partial charge in [0.25, 0.3) is 7.82 Å². The van der Waals surface area contributed by atoms with Crippen LogP contribution >= 0.6 is 7.82 Å². The summed E-state index contributed by atoms with van der Waals surface area (Å²) < 4.78 is 33.7. The first-order valence-electron chi connectivity index (χ1n) is 21.6. The monoisotopic (exact) mass is 810 g/mol. The van der Waals surface area contributed by atoms with Gasteiger partial charge in [0, 0.05) is 12.8 Å². The van der Waals surface area contributed by atoms with Gasteiger partial charge < -0.3 is 33.0 Å². The second-order valence-corrected chi connectivity index (χ2v) is 16.9. The number of carbonyl (C=O) groups excluding carboxylic acids is 2. The lowest BCUT2D eigenvalue weighted by Crippen LogP contribution is -2.37. The van der Waals surface area contributed by atoms with Gasteiger partial charge in [0.05, 0.1) is 33.9 Å². The van der Waals surface area contributed by atoms with Crippen LogP contribution in [-0.4, -0.2) is 81.2 Å². The number of hydrogen-bond donors (Lipinski definition) is 1. The van der Waals surface area contributed by atoms with Crippen molar-refractivity contribution in [2.24, 2.45) is 0 Å². The Hall–Kier alpha value is -2.33. The van der Waals surface area contributed by atoms with Crippen molar-refractivity contribution in [1.29, 1.82) is 0 Å². The fraction of sp³-hybridized carbons (Fsp3) is 0.733. The van der Waals surface area contributed by atoms with Gasteiger partial charge in [-0.2, -0.15) is 0 Å². The Labute approximate surface area is 341 Å². The Kier molecular flexibility index (Phi) is 35.4. The average Bonchev–Trinajstić information content (AvgIpc) is 3.14. The van der Waals surface area contributed by atoms with E-state index in [0.717, 1.165) is 44.9 Å². The van der Waals surface area contributed by atoms with Gasteiger partial charge in [-0.15, -0.1) is 0 Å². The lowest BCUT2D eigenvalue weighted by atomic mass is 10.0. The number of aliphatic hydroxyl groups is 1. The first-order chi connectivity index (χ1) is 26.9. The third-order valence-corrected chi connectivity index (χ3v) is 9.87. The summed E-state index contributed by atoms with van der Waals surface area (Å²) in [5.74, 6) is -1.04. The number of rotatable bonds is 38. The van der Waals surface area contributed by atoms with Crippen LogP contribution in [0.1, 0.15) is 155 Å². The summed E-state index contributed by atoms with van der Waals surface area (Å²) in [5, 5.41) is 10.3. The van der Waals surface area contributed by atoms with Gasteiger partial charge >= 0.3 is 11.9 Å². The Morgan fingerprint density at radius 3 is 1.73 bits per heavy atom. The zero-order valence-electron chi connectivity index (χ0n) is 35.9. The summed E-state index contributed by atoms with van der Waals surface area (Å²) in [5.41, 5.74) is 0. The molecule has 0 aliphatic rings. The Morgan fingerprint density at radius 1 is 0.661 bits per heavy atom. The highest BCUT2D eigenvalue weighted by Crippen LogP contribution is 2.38. The van der Waals surface area contributed by atoms with E-state index in [1.165, 1.54) is 64.2 Å². The normalized spacial score (nSPS) is 14.8. The second kappa shape index (κ2) is 37.0. The number of allylic oxidation sites excluding steroid dienone is 9. The average molecular weight is 810 g/mol. The first kappa shape index (κ1) is 53.7. The number of unbranched alkanes of at least 4 members (excludes halogenated alkanes) is 13. The molecule has 0 aliphatic heterocycles. The summed E-state index contributed by atoms with van der Waals surface area (Å²) in [4.78, 5) is 37.5. The van der Waals surface area contributed by atoms with E-state index in [1.54, 1.807) is 12.2 Å². The summed E-state index contributed by atoms with van der Waals surface area (Å²) in [6.07, 6.45) is 39.9. The van der Waals surface area contributed by atoms with Crippen LogP contribution in [0.15, 0.2) is 60.8 Å². The van der Waals surface area contributed by atoms with Gasteiger partial charge in [0.1, 0.15) is 19.8 Å². The molecule has 2 unspecified atom stereocenters. The third kappa shape index (κ3) is 39.9. The maximum absolute atomic E-state index is 12.7. The van der Waals surface area contributed by atoms with E-state index in [4.69, 9.17) is 18.5 Å². The van der Waals surface area contributed by atoms with Crippen LogP contribution in [0.4, 0.5) is 0 Å². The van der Waals surface area contributed by atoms with Gasteiger partial charge in [-0.1, -0.05) is 158 Å². The standard InChI is InChI=1S/C45H80NO9P/c1-6-8-10-12-14-16-18-20-22-24-26-28-30-32-36-44(48)52-40-43(41-54-56(50,51)53-39-38-46(3,4)5)55-45(49)37-33-35-42(47)34-31-29-27-25-23-21-19-17-15-13-11-9-7-2/h9,11,15,17,21,23,27,29,31,34,42-43,47H,6-8,10,12-14,16,18-20,22,24-26,28,30,32-33,35-41H2,1-5H3/b11-9-,17-15-,23-21-,29-27-,34-31+/t42?,43-/m1/s1. The fourth-order valence-electron chi connectivity index (χ4n) is 5.51. The van der Waals surface area contributed by atoms with E-state index < -0.39 is 38.6 Å². The van der Waals surface area contributed by atoms with Gasteiger partial charge in [-0.05, 0) is 44.9 Å². The highest BCUT2D eigenvalue weighted by Gasteiger charge is 2.22.